The molecule has 0 saturated heterocycles. The predicted octanol–water partition coefficient (Wildman–Crippen LogP) is 1.26. The van der Waals surface area contributed by atoms with Crippen LogP contribution in [-0.4, -0.2) is 32.7 Å². The standard InChI is InChI=1S/C10H14ClN5O2S/c1-7(2)4-16-9(8-5-15(3)6-12-8)13-14-10(16)19(11,17)18/h5-7H,4H2,1-3H3. The molecule has 2 rings (SSSR count). The Balaban J connectivity index is 2.59. The lowest BCUT2D eigenvalue weighted by Gasteiger charge is -2.09. The zero-order chi connectivity index (χ0) is 14.2. The van der Waals surface area contributed by atoms with Gasteiger partial charge in [-0.3, -0.25) is 4.57 Å². The first-order valence-electron chi connectivity index (χ1n) is 5.65. The molecule has 0 radical (unpaired) electrons. The summed E-state index contributed by atoms with van der Waals surface area (Å²) in [6.07, 6.45) is 3.35. The third-order valence-corrected chi connectivity index (χ3v) is 3.57. The Labute approximate surface area is 115 Å². The van der Waals surface area contributed by atoms with Crippen molar-refractivity contribution in [1.82, 2.24) is 24.3 Å². The summed E-state index contributed by atoms with van der Waals surface area (Å²) in [4.78, 5) is 4.15. The molecule has 0 aromatic carbocycles. The maximum atomic E-state index is 11.5. The molecule has 0 spiro atoms. The van der Waals surface area contributed by atoms with E-state index in [2.05, 4.69) is 15.2 Å². The molecule has 2 heterocycles. The van der Waals surface area contributed by atoms with E-state index in [1.807, 2.05) is 20.9 Å². The number of imidazole rings is 1. The summed E-state index contributed by atoms with van der Waals surface area (Å²) in [5.74, 6) is 0.615. The highest BCUT2D eigenvalue weighted by molar-refractivity contribution is 8.13. The van der Waals surface area contributed by atoms with Crippen molar-refractivity contribution in [2.24, 2.45) is 13.0 Å². The van der Waals surface area contributed by atoms with Gasteiger partial charge in [0.05, 0.1) is 6.33 Å². The summed E-state index contributed by atoms with van der Waals surface area (Å²) in [7, 11) is 3.26. The fraction of sp³-hybridized carbons (Fsp3) is 0.500. The quantitative estimate of drug-likeness (QED) is 0.794. The second kappa shape index (κ2) is 4.93. The van der Waals surface area contributed by atoms with Crippen molar-refractivity contribution < 1.29 is 8.42 Å². The molecule has 0 aliphatic rings. The van der Waals surface area contributed by atoms with Crippen molar-refractivity contribution >= 4 is 19.7 Å². The van der Waals surface area contributed by atoms with Gasteiger partial charge in [0, 0.05) is 30.5 Å². The normalized spacial score (nSPS) is 12.3. The molecule has 19 heavy (non-hydrogen) atoms. The van der Waals surface area contributed by atoms with Gasteiger partial charge in [-0.15, -0.1) is 10.2 Å². The predicted molar refractivity (Wildman–Crippen MR) is 70.1 cm³/mol. The van der Waals surface area contributed by atoms with E-state index in [0.717, 1.165) is 0 Å². The van der Waals surface area contributed by atoms with Gasteiger partial charge < -0.3 is 4.57 Å². The van der Waals surface area contributed by atoms with Gasteiger partial charge in [-0.05, 0) is 5.92 Å². The van der Waals surface area contributed by atoms with Crippen molar-refractivity contribution in [1.29, 1.82) is 0 Å². The van der Waals surface area contributed by atoms with Crippen LogP contribution in [0.4, 0.5) is 0 Å². The molecule has 0 atom stereocenters. The lowest BCUT2D eigenvalue weighted by Crippen LogP contribution is -2.12. The molecule has 0 fully saturated rings. The number of aryl methyl sites for hydroxylation is 1. The lowest BCUT2D eigenvalue weighted by atomic mass is 10.2. The van der Waals surface area contributed by atoms with E-state index in [4.69, 9.17) is 10.7 Å². The molecule has 0 unspecified atom stereocenters. The summed E-state index contributed by atoms with van der Waals surface area (Å²) in [6.45, 7) is 4.37. The Kier molecular flexibility index (Phi) is 3.64. The minimum Gasteiger partial charge on any atom is -0.340 e. The summed E-state index contributed by atoms with van der Waals surface area (Å²) in [5.41, 5.74) is 0.558. The topological polar surface area (TPSA) is 82.7 Å². The molecule has 0 bridgehead atoms. The maximum absolute atomic E-state index is 11.5. The third kappa shape index (κ3) is 2.95. The van der Waals surface area contributed by atoms with Crippen molar-refractivity contribution in [2.45, 2.75) is 25.5 Å². The average molecular weight is 304 g/mol. The Hall–Kier alpha value is -1.41. The number of hydrogen-bond acceptors (Lipinski definition) is 5. The van der Waals surface area contributed by atoms with Crippen molar-refractivity contribution in [3.05, 3.63) is 12.5 Å². The highest BCUT2D eigenvalue weighted by Crippen LogP contribution is 2.22. The fourth-order valence-electron chi connectivity index (χ4n) is 1.72. The van der Waals surface area contributed by atoms with Gasteiger partial charge in [0.1, 0.15) is 5.69 Å². The van der Waals surface area contributed by atoms with Crippen LogP contribution in [0, 0.1) is 5.92 Å². The summed E-state index contributed by atoms with van der Waals surface area (Å²) >= 11 is 0. The van der Waals surface area contributed by atoms with Crippen LogP contribution in [0.25, 0.3) is 11.5 Å². The highest BCUT2D eigenvalue weighted by Gasteiger charge is 2.24. The van der Waals surface area contributed by atoms with E-state index in [-0.39, 0.29) is 11.1 Å². The zero-order valence-electron chi connectivity index (χ0n) is 10.8. The SMILES string of the molecule is CC(C)Cn1c(-c2cn(C)cn2)nnc1S(=O)(=O)Cl. The van der Waals surface area contributed by atoms with Gasteiger partial charge in [0.15, 0.2) is 5.82 Å². The molecule has 0 aliphatic heterocycles. The van der Waals surface area contributed by atoms with Gasteiger partial charge in [0.2, 0.25) is 0 Å². The van der Waals surface area contributed by atoms with Gasteiger partial charge in [-0.25, -0.2) is 13.4 Å². The van der Waals surface area contributed by atoms with Crippen LogP contribution in [0.2, 0.25) is 0 Å². The molecule has 7 nitrogen and oxygen atoms in total. The van der Waals surface area contributed by atoms with Crippen LogP contribution in [0.1, 0.15) is 13.8 Å². The molecule has 2 aromatic heterocycles. The Bertz CT molecular complexity index is 689. The first-order chi connectivity index (χ1) is 8.79. The number of halogens is 1. The Morgan fingerprint density at radius 3 is 2.53 bits per heavy atom. The number of rotatable bonds is 4. The van der Waals surface area contributed by atoms with Crippen molar-refractivity contribution in [3.8, 4) is 11.5 Å². The van der Waals surface area contributed by atoms with Gasteiger partial charge >= 0.3 is 0 Å². The molecule has 0 amide bonds. The molecule has 0 aliphatic carbocycles. The molecular weight excluding hydrogens is 290 g/mol. The highest BCUT2D eigenvalue weighted by atomic mass is 35.7. The number of aromatic nitrogens is 5. The minimum absolute atomic E-state index is 0.218. The second-order valence-electron chi connectivity index (χ2n) is 4.67. The van der Waals surface area contributed by atoms with Crippen LogP contribution in [-0.2, 0) is 22.6 Å². The summed E-state index contributed by atoms with van der Waals surface area (Å²) in [5, 5.41) is 7.32. The summed E-state index contributed by atoms with van der Waals surface area (Å²) < 4.78 is 26.2. The van der Waals surface area contributed by atoms with E-state index >= 15 is 0 Å². The second-order valence-corrected chi connectivity index (χ2v) is 7.13. The Morgan fingerprint density at radius 1 is 1.37 bits per heavy atom. The fourth-order valence-corrected chi connectivity index (χ4v) is 2.62. The van der Waals surface area contributed by atoms with E-state index in [0.29, 0.717) is 18.1 Å². The molecule has 0 N–H and O–H groups in total. The molecule has 2 aromatic rings. The third-order valence-electron chi connectivity index (χ3n) is 2.42. The van der Waals surface area contributed by atoms with Gasteiger partial charge in [-0.1, -0.05) is 13.8 Å². The van der Waals surface area contributed by atoms with Crippen molar-refractivity contribution in [3.63, 3.8) is 0 Å². The maximum Gasteiger partial charge on any atom is 0.296 e. The number of nitrogens with zero attached hydrogens (tertiary/aromatic N) is 5. The van der Waals surface area contributed by atoms with Crippen molar-refractivity contribution in [2.75, 3.05) is 0 Å². The van der Waals surface area contributed by atoms with Crippen LogP contribution in [0.15, 0.2) is 17.7 Å². The summed E-state index contributed by atoms with van der Waals surface area (Å²) in [6, 6.07) is 0. The largest absolute Gasteiger partial charge is 0.340 e. The van der Waals surface area contributed by atoms with Crippen LogP contribution < -0.4 is 0 Å². The first kappa shape index (κ1) is 14.0. The van der Waals surface area contributed by atoms with Gasteiger partial charge in [-0.2, -0.15) is 0 Å². The zero-order valence-corrected chi connectivity index (χ0v) is 12.4. The van der Waals surface area contributed by atoms with Crippen LogP contribution >= 0.6 is 10.7 Å². The molecule has 9 heteroatoms. The van der Waals surface area contributed by atoms with E-state index < -0.39 is 9.05 Å². The molecular formula is C10H14ClN5O2S. The van der Waals surface area contributed by atoms with Crippen LogP contribution in [0.5, 0.6) is 0 Å². The number of hydrogen-bond donors (Lipinski definition) is 0. The molecule has 104 valence electrons. The van der Waals surface area contributed by atoms with E-state index in [1.165, 1.54) is 4.57 Å². The van der Waals surface area contributed by atoms with E-state index in [1.54, 1.807) is 17.1 Å². The van der Waals surface area contributed by atoms with Gasteiger partial charge in [0.25, 0.3) is 14.2 Å². The lowest BCUT2D eigenvalue weighted by molar-refractivity contribution is 0.488. The first-order valence-corrected chi connectivity index (χ1v) is 7.96. The smallest absolute Gasteiger partial charge is 0.296 e. The monoisotopic (exact) mass is 303 g/mol. The molecule has 0 saturated carbocycles. The Morgan fingerprint density at radius 2 is 2.05 bits per heavy atom. The average Bonchev–Trinajstić information content (AvgIpc) is 2.82. The van der Waals surface area contributed by atoms with E-state index in [9.17, 15) is 8.42 Å². The van der Waals surface area contributed by atoms with Crippen LogP contribution in [0.3, 0.4) is 0 Å². The minimum atomic E-state index is -3.93.